The molecule has 6 nitrogen and oxygen atoms in total. The molecule has 2 aromatic carbocycles. The van der Waals surface area contributed by atoms with Crippen molar-refractivity contribution >= 4 is 34.8 Å². The average molecular weight is 420 g/mol. The Morgan fingerprint density at radius 1 is 1.14 bits per heavy atom. The molecule has 0 saturated carbocycles. The summed E-state index contributed by atoms with van der Waals surface area (Å²) in [5.41, 5.74) is 0.617. The molecule has 3 aromatic rings. The highest BCUT2D eigenvalue weighted by molar-refractivity contribution is 6.42. The molecule has 0 aliphatic rings. The highest BCUT2D eigenvalue weighted by Crippen LogP contribution is 2.27. The summed E-state index contributed by atoms with van der Waals surface area (Å²) in [5, 5.41) is 7.72. The van der Waals surface area contributed by atoms with Crippen LogP contribution in [-0.2, 0) is 11.3 Å². The van der Waals surface area contributed by atoms with Gasteiger partial charge in [0.05, 0.1) is 16.6 Å². The average Bonchev–Trinajstić information content (AvgIpc) is 3.18. The minimum atomic E-state index is -0.721. The van der Waals surface area contributed by atoms with Gasteiger partial charge in [0.15, 0.2) is 6.10 Å². The van der Waals surface area contributed by atoms with Crippen molar-refractivity contribution in [3.63, 3.8) is 0 Å². The van der Waals surface area contributed by atoms with Gasteiger partial charge in [-0.3, -0.25) is 9.48 Å². The zero-order valence-electron chi connectivity index (χ0n) is 15.1. The lowest BCUT2D eigenvalue weighted by Gasteiger charge is -2.15. The summed E-state index contributed by atoms with van der Waals surface area (Å²) in [4.78, 5) is 12.4. The van der Waals surface area contributed by atoms with Gasteiger partial charge in [-0.2, -0.15) is 5.10 Å². The van der Waals surface area contributed by atoms with Crippen molar-refractivity contribution in [3.8, 4) is 11.5 Å². The molecule has 1 aromatic heterocycles. The number of nitrogens with zero attached hydrogens (tertiary/aromatic N) is 2. The number of benzene rings is 2. The Bertz CT molecular complexity index is 932. The number of ether oxygens (including phenoxy) is 2. The number of carbonyl (C=O) groups excluding carboxylic acids is 1. The summed E-state index contributed by atoms with van der Waals surface area (Å²) in [7, 11) is 0. The molecule has 1 heterocycles. The third-order valence-corrected chi connectivity index (χ3v) is 4.56. The maximum atomic E-state index is 12.4. The van der Waals surface area contributed by atoms with Crippen molar-refractivity contribution < 1.29 is 14.3 Å². The van der Waals surface area contributed by atoms with Gasteiger partial charge in [0, 0.05) is 30.2 Å². The molecule has 1 N–H and O–H groups in total. The monoisotopic (exact) mass is 419 g/mol. The van der Waals surface area contributed by atoms with Crippen LogP contribution in [0.4, 0.5) is 5.69 Å². The second-order valence-corrected chi connectivity index (χ2v) is 6.79. The fourth-order valence-electron chi connectivity index (χ4n) is 2.41. The molecular weight excluding hydrogens is 401 g/mol. The number of hydrogen-bond acceptors (Lipinski definition) is 4. The van der Waals surface area contributed by atoms with Gasteiger partial charge in [-0.25, -0.2) is 0 Å². The minimum absolute atomic E-state index is 0.292. The first kappa shape index (κ1) is 20.0. The number of aromatic nitrogens is 2. The predicted octanol–water partition coefficient (Wildman–Crippen LogP) is 4.67. The second kappa shape index (κ2) is 9.48. The Hall–Kier alpha value is -2.70. The second-order valence-electron chi connectivity index (χ2n) is 5.97. The number of rotatable bonds is 8. The van der Waals surface area contributed by atoms with Crippen molar-refractivity contribution in [2.24, 2.45) is 0 Å². The molecule has 0 aliphatic heterocycles. The van der Waals surface area contributed by atoms with Crippen molar-refractivity contribution in [1.29, 1.82) is 0 Å². The first-order valence-corrected chi connectivity index (χ1v) is 9.40. The molecular formula is C20H19Cl2N3O3. The van der Waals surface area contributed by atoms with Crippen LogP contribution < -0.4 is 14.8 Å². The normalized spacial score (nSPS) is 11.7. The van der Waals surface area contributed by atoms with Crippen LogP contribution >= 0.6 is 23.2 Å². The van der Waals surface area contributed by atoms with Crippen LogP contribution in [0.25, 0.3) is 0 Å². The Balaban J connectivity index is 1.53. The van der Waals surface area contributed by atoms with Gasteiger partial charge in [0.1, 0.15) is 18.1 Å². The summed E-state index contributed by atoms with van der Waals surface area (Å²) >= 11 is 11.9. The van der Waals surface area contributed by atoms with Crippen LogP contribution in [0, 0.1) is 0 Å². The molecule has 8 heteroatoms. The Kier molecular flexibility index (Phi) is 6.79. The standard InChI is InChI=1S/C20H19Cl2N3O3/c1-14(28-17-6-7-18(21)19(22)13-17)20(26)24-15-4-2-5-16(12-15)27-11-10-25-9-3-8-23-25/h2-9,12-14H,10-11H2,1H3,(H,24,26). The smallest absolute Gasteiger partial charge is 0.265 e. The van der Waals surface area contributed by atoms with Gasteiger partial charge < -0.3 is 14.8 Å². The Morgan fingerprint density at radius 3 is 2.75 bits per heavy atom. The van der Waals surface area contributed by atoms with Gasteiger partial charge >= 0.3 is 0 Å². The number of hydrogen-bond donors (Lipinski definition) is 1. The summed E-state index contributed by atoms with van der Waals surface area (Å²) < 4.78 is 13.1. The van der Waals surface area contributed by atoms with Gasteiger partial charge in [-0.05, 0) is 37.3 Å². The van der Waals surface area contributed by atoms with E-state index in [9.17, 15) is 4.79 Å². The van der Waals surface area contributed by atoms with Crippen LogP contribution in [0.15, 0.2) is 60.9 Å². The van der Waals surface area contributed by atoms with Gasteiger partial charge in [0.2, 0.25) is 0 Å². The SMILES string of the molecule is CC(Oc1ccc(Cl)c(Cl)c1)C(=O)Nc1cccc(OCCn2cccn2)c1. The maximum Gasteiger partial charge on any atom is 0.265 e. The summed E-state index contributed by atoms with van der Waals surface area (Å²) in [6.07, 6.45) is 2.87. The quantitative estimate of drug-likeness (QED) is 0.575. The third-order valence-electron chi connectivity index (χ3n) is 3.82. The topological polar surface area (TPSA) is 65.4 Å². The summed E-state index contributed by atoms with van der Waals surface area (Å²) in [5.74, 6) is 0.829. The molecule has 0 saturated heterocycles. The third kappa shape index (κ3) is 5.65. The van der Waals surface area contributed by atoms with Crippen molar-refractivity contribution in [2.45, 2.75) is 19.6 Å². The van der Waals surface area contributed by atoms with E-state index in [1.54, 1.807) is 48.1 Å². The van der Waals surface area contributed by atoms with Gasteiger partial charge in [-0.15, -0.1) is 0 Å². The number of carbonyl (C=O) groups is 1. The van der Waals surface area contributed by atoms with E-state index in [0.29, 0.717) is 40.4 Å². The fraction of sp³-hybridized carbons (Fsp3) is 0.200. The van der Waals surface area contributed by atoms with E-state index < -0.39 is 6.10 Å². The molecule has 146 valence electrons. The zero-order valence-corrected chi connectivity index (χ0v) is 16.7. The Labute approximate surface area is 173 Å². The largest absolute Gasteiger partial charge is 0.492 e. The lowest BCUT2D eigenvalue weighted by atomic mass is 10.2. The van der Waals surface area contributed by atoms with E-state index >= 15 is 0 Å². The molecule has 0 aliphatic carbocycles. The highest BCUT2D eigenvalue weighted by atomic mass is 35.5. The number of anilines is 1. The number of halogens is 2. The Morgan fingerprint density at radius 2 is 2.00 bits per heavy atom. The van der Waals surface area contributed by atoms with E-state index in [1.807, 2.05) is 24.4 Å². The van der Waals surface area contributed by atoms with Crippen molar-refractivity contribution in [2.75, 3.05) is 11.9 Å². The molecule has 0 bridgehead atoms. The van der Waals surface area contributed by atoms with Crippen LogP contribution in [0.5, 0.6) is 11.5 Å². The predicted molar refractivity (Wildman–Crippen MR) is 109 cm³/mol. The van der Waals surface area contributed by atoms with E-state index in [-0.39, 0.29) is 5.91 Å². The molecule has 28 heavy (non-hydrogen) atoms. The molecule has 1 atom stereocenters. The molecule has 3 rings (SSSR count). The van der Waals surface area contributed by atoms with Crippen molar-refractivity contribution in [3.05, 3.63) is 71.0 Å². The van der Waals surface area contributed by atoms with Crippen LogP contribution in [0.3, 0.4) is 0 Å². The highest BCUT2D eigenvalue weighted by Gasteiger charge is 2.15. The molecule has 0 radical (unpaired) electrons. The molecule has 1 unspecified atom stereocenters. The molecule has 0 fully saturated rings. The van der Waals surface area contributed by atoms with Crippen molar-refractivity contribution in [1.82, 2.24) is 9.78 Å². The van der Waals surface area contributed by atoms with Crippen LogP contribution in [0.2, 0.25) is 10.0 Å². The van der Waals surface area contributed by atoms with E-state index in [4.69, 9.17) is 32.7 Å². The number of amides is 1. The molecule has 0 spiro atoms. The maximum absolute atomic E-state index is 12.4. The fourth-order valence-corrected chi connectivity index (χ4v) is 2.69. The van der Waals surface area contributed by atoms with E-state index in [1.165, 1.54) is 0 Å². The minimum Gasteiger partial charge on any atom is -0.492 e. The van der Waals surface area contributed by atoms with E-state index in [2.05, 4.69) is 10.4 Å². The summed E-state index contributed by atoms with van der Waals surface area (Å²) in [6, 6.07) is 13.9. The zero-order chi connectivity index (χ0) is 19.9. The van der Waals surface area contributed by atoms with Crippen LogP contribution in [-0.4, -0.2) is 28.4 Å². The molecule has 1 amide bonds. The summed E-state index contributed by atoms with van der Waals surface area (Å²) in [6.45, 7) is 2.76. The van der Waals surface area contributed by atoms with Gasteiger partial charge in [-0.1, -0.05) is 29.3 Å². The lowest BCUT2D eigenvalue weighted by Crippen LogP contribution is -2.30. The van der Waals surface area contributed by atoms with Crippen LogP contribution in [0.1, 0.15) is 6.92 Å². The van der Waals surface area contributed by atoms with E-state index in [0.717, 1.165) is 0 Å². The first-order valence-electron chi connectivity index (χ1n) is 8.64. The van der Waals surface area contributed by atoms with Gasteiger partial charge in [0.25, 0.3) is 5.91 Å². The first-order chi connectivity index (χ1) is 13.5. The number of nitrogens with one attached hydrogen (secondary N) is 1. The lowest BCUT2D eigenvalue weighted by molar-refractivity contribution is -0.122.